The Morgan fingerprint density at radius 1 is 1.06 bits per heavy atom. The minimum absolute atomic E-state index is 0.230. The molecular weight excluding hydrogens is 406 g/mol. The molecule has 6 heteroatoms. The van der Waals surface area contributed by atoms with Crippen LogP contribution >= 0.6 is 11.3 Å². The Kier molecular flexibility index (Phi) is 5.50. The van der Waals surface area contributed by atoms with E-state index in [0.717, 1.165) is 27.1 Å². The van der Waals surface area contributed by atoms with Crippen molar-refractivity contribution in [2.24, 2.45) is 5.73 Å². The van der Waals surface area contributed by atoms with Gasteiger partial charge in [0.15, 0.2) is 0 Å². The summed E-state index contributed by atoms with van der Waals surface area (Å²) in [4.78, 5) is 32.8. The first-order valence-electron chi connectivity index (χ1n) is 10.3. The summed E-state index contributed by atoms with van der Waals surface area (Å²) in [6.07, 6.45) is 0.407. The lowest BCUT2D eigenvalue weighted by molar-refractivity contribution is -0.121. The molecule has 0 radical (unpaired) electrons. The molecule has 0 bridgehead atoms. The number of hydrogen-bond acceptors (Lipinski definition) is 4. The fraction of sp³-hybridized carbons (Fsp3) is 0.240. The molecule has 4 rings (SSSR count). The molecule has 2 N–H and O–H groups in total. The van der Waals surface area contributed by atoms with Crippen molar-refractivity contribution in [3.05, 3.63) is 74.9 Å². The molecule has 0 fully saturated rings. The lowest BCUT2D eigenvalue weighted by Gasteiger charge is -2.19. The quantitative estimate of drug-likeness (QED) is 0.474. The average Bonchev–Trinajstić information content (AvgIpc) is 3.08. The van der Waals surface area contributed by atoms with Gasteiger partial charge >= 0.3 is 0 Å². The first-order chi connectivity index (χ1) is 14.8. The molecule has 1 unspecified atom stereocenters. The fourth-order valence-corrected chi connectivity index (χ4v) is 5.04. The van der Waals surface area contributed by atoms with Gasteiger partial charge in [0.1, 0.15) is 16.7 Å². The zero-order valence-corrected chi connectivity index (χ0v) is 18.9. The van der Waals surface area contributed by atoms with E-state index >= 15 is 0 Å². The van der Waals surface area contributed by atoms with Crippen molar-refractivity contribution in [2.45, 2.75) is 40.2 Å². The normalized spacial score (nSPS) is 12.3. The Bertz CT molecular complexity index is 1350. The number of benzene rings is 2. The third-order valence-electron chi connectivity index (χ3n) is 5.79. The number of amides is 1. The second-order valence-electron chi connectivity index (χ2n) is 7.82. The molecule has 0 spiro atoms. The average molecular weight is 432 g/mol. The molecule has 2 heterocycles. The summed E-state index contributed by atoms with van der Waals surface area (Å²) in [6.45, 7) is 7.99. The van der Waals surface area contributed by atoms with E-state index in [0.29, 0.717) is 22.5 Å². The van der Waals surface area contributed by atoms with Crippen LogP contribution in [-0.4, -0.2) is 15.5 Å². The number of aryl methyl sites for hydroxylation is 3. The number of carbonyl (C=O) groups is 1. The van der Waals surface area contributed by atoms with Crippen molar-refractivity contribution in [3.8, 4) is 22.5 Å². The van der Waals surface area contributed by atoms with Crippen molar-refractivity contribution in [1.29, 1.82) is 0 Å². The molecule has 158 valence electrons. The molecule has 5 nitrogen and oxygen atoms in total. The predicted molar refractivity (Wildman–Crippen MR) is 127 cm³/mol. The summed E-state index contributed by atoms with van der Waals surface area (Å²) >= 11 is 1.50. The third kappa shape index (κ3) is 3.57. The van der Waals surface area contributed by atoms with Gasteiger partial charge in [-0.25, -0.2) is 4.98 Å². The van der Waals surface area contributed by atoms with E-state index in [-0.39, 0.29) is 5.56 Å². The van der Waals surface area contributed by atoms with E-state index in [2.05, 4.69) is 26.0 Å². The molecule has 2 aromatic carbocycles. The van der Waals surface area contributed by atoms with Crippen LogP contribution in [-0.2, 0) is 4.79 Å². The maximum Gasteiger partial charge on any atom is 0.263 e. The maximum absolute atomic E-state index is 13.9. The number of rotatable bonds is 5. The van der Waals surface area contributed by atoms with Crippen LogP contribution in [0.15, 0.2) is 53.3 Å². The van der Waals surface area contributed by atoms with Gasteiger partial charge in [0.05, 0.1) is 5.39 Å². The highest BCUT2D eigenvalue weighted by Crippen LogP contribution is 2.37. The van der Waals surface area contributed by atoms with Gasteiger partial charge in [0, 0.05) is 16.0 Å². The summed E-state index contributed by atoms with van der Waals surface area (Å²) in [5, 5.41) is 0.546. The fourth-order valence-electron chi connectivity index (χ4n) is 4.01. The molecule has 0 aliphatic rings. The predicted octanol–water partition coefficient (Wildman–Crippen LogP) is 5.15. The Balaban J connectivity index is 2.11. The second-order valence-corrected chi connectivity index (χ2v) is 9.02. The van der Waals surface area contributed by atoms with Gasteiger partial charge in [-0.1, -0.05) is 55.5 Å². The number of carbonyl (C=O) groups excluding carboxylic acids is 1. The number of fused-ring (bicyclic) bond motifs is 1. The molecule has 0 saturated carbocycles. The number of hydrogen-bond donors (Lipinski definition) is 1. The molecule has 31 heavy (non-hydrogen) atoms. The van der Waals surface area contributed by atoms with Crippen molar-refractivity contribution in [1.82, 2.24) is 9.55 Å². The van der Waals surface area contributed by atoms with Gasteiger partial charge in [0.2, 0.25) is 5.91 Å². The van der Waals surface area contributed by atoms with E-state index in [1.54, 1.807) is 0 Å². The molecule has 1 atom stereocenters. The van der Waals surface area contributed by atoms with Crippen LogP contribution in [0.1, 0.15) is 35.4 Å². The van der Waals surface area contributed by atoms with Crippen LogP contribution < -0.4 is 11.3 Å². The van der Waals surface area contributed by atoms with E-state index < -0.39 is 11.9 Å². The van der Waals surface area contributed by atoms with Gasteiger partial charge in [0.25, 0.3) is 5.56 Å². The number of nitrogens with zero attached hydrogens (tertiary/aromatic N) is 2. The van der Waals surface area contributed by atoms with Gasteiger partial charge in [-0.15, -0.1) is 11.3 Å². The highest BCUT2D eigenvalue weighted by Gasteiger charge is 2.26. The van der Waals surface area contributed by atoms with Crippen LogP contribution in [0.5, 0.6) is 0 Å². The first kappa shape index (κ1) is 21.0. The monoisotopic (exact) mass is 431 g/mol. The summed E-state index contributed by atoms with van der Waals surface area (Å²) in [5.41, 5.74) is 10.5. The van der Waals surface area contributed by atoms with E-state index in [9.17, 15) is 9.59 Å². The number of aromatic nitrogens is 2. The lowest BCUT2D eigenvalue weighted by atomic mass is 9.99. The summed E-state index contributed by atoms with van der Waals surface area (Å²) in [7, 11) is 0. The molecule has 0 aliphatic heterocycles. The Labute approximate surface area is 185 Å². The maximum atomic E-state index is 13.9. The Hall–Kier alpha value is -3.25. The van der Waals surface area contributed by atoms with Crippen LogP contribution in [0.4, 0.5) is 0 Å². The van der Waals surface area contributed by atoms with E-state index in [1.807, 2.05) is 50.2 Å². The topological polar surface area (TPSA) is 78.0 Å². The van der Waals surface area contributed by atoms with Crippen LogP contribution in [0, 0.1) is 20.8 Å². The lowest BCUT2D eigenvalue weighted by Crippen LogP contribution is -2.35. The smallest absolute Gasteiger partial charge is 0.263 e. The van der Waals surface area contributed by atoms with Crippen LogP contribution in [0.25, 0.3) is 32.7 Å². The third-order valence-corrected chi connectivity index (χ3v) is 6.79. The molecular formula is C25H25N3O2S. The Morgan fingerprint density at radius 3 is 2.39 bits per heavy atom. The van der Waals surface area contributed by atoms with Gasteiger partial charge in [-0.2, -0.15) is 0 Å². The zero-order chi connectivity index (χ0) is 22.3. The van der Waals surface area contributed by atoms with Gasteiger partial charge in [-0.05, 0) is 43.9 Å². The standard InChI is InChI=1S/C25H25N3O2S/c1-5-19(22(26)29)28-23(17-9-7-6-8-10-17)27-24-21(25(28)30)20(16(4)31-24)18-12-11-14(2)15(3)13-18/h6-13,19H,5H2,1-4H3,(H2,26,29). The van der Waals surface area contributed by atoms with Gasteiger partial charge < -0.3 is 5.73 Å². The highest BCUT2D eigenvalue weighted by atomic mass is 32.1. The Morgan fingerprint density at radius 2 is 1.77 bits per heavy atom. The van der Waals surface area contributed by atoms with Crippen molar-refractivity contribution in [3.63, 3.8) is 0 Å². The number of primary amides is 1. The first-order valence-corrected chi connectivity index (χ1v) is 11.1. The molecule has 2 aromatic heterocycles. The minimum Gasteiger partial charge on any atom is -0.368 e. The van der Waals surface area contributed by atoms with Gasteiger partial charge in [-0.3, -0.25) is 14.2 Å². The molecule has 4 aromatic rings. The van der Waals surface area contributed by atoms with Crippen molar-refractivity contribution < 1.29 is 4.79 Å². The number of nitrogens with two attached hydrogens (primary N) is 1. The zero-order valence-electron chi connectivity index (χ0n) is 18.1. The highest BCUT2D eigenvalue weighted by molar-refractivity contribution is 7.19. The van der Waals surface area contributed by atoms with Crippen LogP contribution in [0.2, 0.25) is 0 Å². The van der Waals surface area contributed by atoms with Crippen LogP contribution in [0.3, 0.4) is 0 Å². The summed E-state index contributed by atoms with van der Waals surface area (Å²) in [5.74, 6) is -0.0701. The molecule has 0 aliphatic carbocycles. The van der Waals surface area contributed by atoms with E-state index in [1.165, 1.54) is 21.5 Å². The SMILES string of the molecule is CCC(C(N)=O)n1c(-c2ccccc2)nc2sc(C)c(-c3ccc(C)c(C)c3)c2c1=O. The minimum atomic E-state index is -0.771. The summed E-state index contributed by atoms with van der Waals surface area (Å²) in [6, 6.07) is 14.9. The van der Waals surface area contributed by atoms with Crippen molar-refractivity contribution >= 4 is 27.5 Å². The van der Waals surface area contributed by atoms with E-state index in [4.69, 9.17) is 10.7 Å². The largest absolute Gasteiger partial charge is 0.368 e. The second kappa shape index (κ2) is 8.12. The van der Waals surface area contributed by atoms with Crippen molar-refractivity contribution in [2.75, 3.05) is 0 Å². The molecule has 0 saturated heterocycles. The summed E-state index contributed by atoms with van der Waals surface area (Å²) < 4.78 is 1.48. The molecule has 1 amide bonds. The number of thiophene rings is 1.